The predicted octanol–water partition coefficient (Wildman–Crippen LogP) is 2.73. The van der Waals surface area contributed by atoms with E-state index >= 15 is 0 Å². The molecule has 2 aliphatic rings. The summed E-state index contributed by atoms with van der Waals surface area (Å²) < 4.78 is 7.47. The number of aromatic nitrogens is 2. The summed E-state index contributed by atoms with van der Waals surface area (Å²) in [5.41, 5.74) is 2.67. The Balaban J connectivity index is 1.66. The Morgan fingerprint density at radius 3 is 2.96 bits per heavy atom. The van der Waals surface area contributed by atoms with Gasteiger partial charge < -0.3 is 14.6 Å². The number of imidazole rings is 1. The predicted molar refractivity (Wildman–Crippen MR) is 90.7 cm³/mol. The van der Waals surface area contributed by atoms with Gasteiger partial charge in [-0.25, -0.2) is 4.98 Å². The molecule has 5 nitrogen and oxygen atoms in total. The van der Waals surface area contributed by atoms with Gasteiger partial charge in [0.15, 0.2) is 5.82 Å². The van der Waals surface area contributed by atoms with Crippen molar-refractivity contribution in [1.82, 2.24) is 14.9 Å². The van der Waals surface area contributed by atoms with E-state index in [4.69, 9.17) is 4.74 Å². The van der Waals surface area contributed by atoms with Crippen LogP contribution in [-0.2, 0) is 17.7 Å². The van der Waals surface area contributed by atoms with E-state index in [1.165, 1.54) is 11.1 Å². The molecule has 24 heavy (non-hydrogen) atoms. The zero-order valence-corrected chi connectivity index (χ0v) is 14.0. The smallest absolute Gasteiger partial charge is 0.287 e. The van der Waals surface area contributed by atoms with Crippen LogP contribution in [0.1, 0.15) is 47.6 Å². The topological polar surface area (TPSA) is 56.2 Å². The van der Waals surface area contributed by atoms with Crippen molar-refractivity contribution in [3.8, 4) is 0 Å². The molecule has 1 N–H and O–H groups in total. The van der Waals surface area contributed by atoms with E-state index < -0.39 is 0 Å². The molecular formula is C19H23N3O2. The second kappa shape index (κ2) is 6.06. The summed E-state index contributed by atoms with van der Waals surface area (Å²) in [4.78, 5) is 17.1. The van der Waals surface area contributed by atoms with Gasteiger partial charge in [-0.15, -0.1) is 0 Å². The van der Waals surface area contributed by atoms with Gasteiger partial charge in [0.05, 0.1) is 6.04 Å². The van der Waals surface area contributed by atoms with Crippen LogP contribution in [-0.4, -0.2) is 28.7 Å². The Labute approximate surface area is 142 Å². The van der Waals surface area contributed by atoms with Crippen molar-refractivity contribution in [2.45, 2.75) is 38.8 Å². The number of aryl methyl sites for hydroxylation is 1. The molecule has 1 amide bonds. The molecule has 4 rings (SSSR count). The number of fused-ring (bicyclic) bond motifs is 1. The van der Waals surface area contributed by atoms with Crippen LogP contribution >= 0.6 is 0 Å². The molecule has 1 spiro atoms. The number of rotatable bonds is 3. The van der Waals surface area contributed by atoms with E-state index in [0.717, 1.165) is 39.0 Å². The zero-order chi connectivity index (χ0) is 16.6. The maximum absolute atomic E-state index is 12.9. The van der Waals surface area contributed by atoms with Gasteiger partial charge in [0, 0.05) is 37.6 Å². The normalized spacial score (nSPS) is 21.6. The number of benzene rings is 1. The largest absolute Gasteiger partial charge is 0.381 e. The first-order valence-electron chi connectivity index (χ1n) is 8.71. The molecule has 0 saturated carbocycles. The highest BCUT2D eigenvalue weighted by atomic mass is 16.5. The molecular weight excluding hydrogens is 302 g/mol. The molecule has 1 saturated heterocycles. The third kappa shape index (κ3) is 2.44. The van der Waals surface area contributed by atoms with Crippen molar-refractivity contribution < 1.29 is 9.53 Å². The average molecular weight is 325 g/mol. The van der Waals surface area contributed by atoms with Gasteiger partial charge in [-0.2, -0.15) is 0 Å². The average Bonchev–Trinajstić information content (AvgIpc) is 3.19. The summed E-state index contributed by atoms with van der Waals surface area (Å²) in [5, 5.41) is 3.29. The van der Waals surface area contributed by atoms with Crippen molar-refractivity contribution in [1.29, 1.82) is 0 Å². The summed E-state index contributed by atoms with van der Waals surface area (Å²) in [6.45, 7) is 4.29. The number of nitrogens with zero attached hydrogens (tertiary/aromatic N) is 2. The highest BCUT2D eigenvalue weighted by Crippen LogP contribution is 2.51. The van der Waals surface area contributed by atoms with Gasteiger partial charge in [-0.05, 0) is 37.3 Å². The monoisotopic (exact) mass is 325 g/mol. The van der Waals surface area contributed by atoms with Crippen molar-refractivity contribution in [2.75, 3.05) is 13.2 Å². The summed E-state index contributed by atoms with van der Waals surface area (Å²) in [6.07, 6.45) is 6.51. The Bertz CT molecular complexity index is 747. The van der Waals surface area contributed by atoms with Gasteiger partial charge in [-0.1, -0.05) is 24.3 Å². The van der Waals surface area contributed by atoms with Crippen molar-refractivity contribution in [2.24, 2.45) is 5.41 Å². The third-order valence-corrected chi connectivity index (χ3v) is 5.54. The number of carbonyl (C=O) groups is 1. The summed E-state index contributed by atoms with van der Waals surface area (Å²) in [7, 11) is 0. The Morgan fingerprint density at radius 2 is 2.17 bits per heavy atom. The summed E-state index contributed by atoms with van der Waals surface area (Å²) >= 11 is 0. The minimum atomic E-state index is -0.0885. The van der Waals surface area contributed by atoms with E-state index in [-0.39, 0.29) is 17.4 Å². The molecule has 1 aromatic carbocycles. The number of ether oxygens (including phenoxy) is 1. The summed E-state index contributed by atoms with van der Waals surface area (Å²) in [5.74, 6) is 0.401. The number of hydrogen-bond acceptors (Lipinski definition) is 3. The Morgan fingerprint density at radius 1 is 1.38 bits per heavy atom. The van der Waals surface area contributed by atoms with Gasteiger partial charge >= 0.3 is 0 Å². The van der Waals surface area contributed by atoms with E-state index in [0.29, 0.717) is 5.82 Å². The lowest BCUT2D eigenvalue weighted by Gasteiger charge is -2.39. The van der Waals surface area contributed by atoms with Crippen LogP contribution in [0.3, 0.4) is 0 Å². The van der Waals surface area contributed by atoms with Crippen LogP contribution < -0.4 is 5.32 Å². The minimum absolute atomic E-state index is 0.0344. The summed E-state index contributed by atoms with van der Waals surface area (Å²) in [6, 6.07) is 8.51. The van der Waals surface area contributed by atoms with Crippen LogP contribution in [0.2, 0.25) is 0 Å². The lowest BCUT2D eigenvalue weighted by atomic mass is 9.74. The Kier molecular flexibility index (Phi) is 3.88. The fraction of sp³-hybridized carbons (Fsp3) is 0.474. The fourth-order valence-corrected chi connectivity index (χ4v) is 4.23. The lowest BCUT2D eigenvalue weighted by Crippen LogP contribution is -2.42. The maximum Gasteiger partial charge on any atom is 0.287 e. The molecule has 126 valence electrons. The molecule has 2 aromatic rings. The molecule has 1 atom stereocenters. The molecule has 0 radical (unpaired) electrons. The lowest BCUT2D eigenvalue weighted by molar-refractivity contribution is 0.000437. The fourth-order valence-electron chi connectivity index (χ4n) is 4.23. The minimum Gasteiger partial charge on any atom is -0.381 e. The first kappa shape index (κ1) is 15.4. The molecule has 1 fully saturated rings. The van der Waals surface area contributed by atoms with Gasteiger partial charge in [-0.3, -0.25) is 4.79 Å². The van der Waals surface area contributed by atoms with Crippen LogP contribution in [0.25, 0.3) is 0 Å². The van der Waals surface area contributed by atoms with E-state index in [1.54, 1.807) is 6.20 Å². The molecule has 1 aromatic heterocycles. The number of nitrogens with one attached hydrogen (secondary N) is 1. The zero-order valence-electron chi connectivity index (χ0n) is 14.0. The third-order valence-electron chi connectivity index (χ3n) is 5.54. The highest BCUT2D eigenvalue weighted by Gasteiger charge is 2.47. The first-order valence-corrected chi connectivity index (χ1v) is 8.71. The van der Waals surface area contributed by atoms with Crippen molar-refractivity contribution in [3.63, 3.8) is 0 Å². The molecule has 2 heterocycles. The SMILES string of the molecule is CCn1ccnc1C(=O)N[C@@H]1c2ccccc2CC12CCOCC2. The second-order valence-electron chi connectivity index (χ2n) is 6.79. The standard InChI is InChI=1S/C19H23N3O2/c1-2-22-10-9-20-17(22)18(23)21-16-15-6-4-3-5-14(15)13-19(16)7-11-24-12-8-19/h3-6,9-10,16H,2,7-8,11-13H2,1H3,(H,21,23)/t16-/m1/s1. The van der Waals surface area contributed by atoms with Crippen LogP contribution in [0.15, 0.2) is 36.7 Å². The number of hydrogen-bond donors (Lipinski definition) is 1. The highest BCUT2D eigenvalue weighted by molar-refractivity contribution is 5.91. The van der Waals surface area contributed by atoms with E-state index in [1.807, 2.05) is 17.7 Å². The number of carbonyl (C=O) groups excluding carboxylic acids is 1. The van der Waals surface area contributed by atoms with Crippen LogP contribution in [0.5, 0.6) is 0 Å². The number of amides is 1. The first-order chi connectivity index (χ1) is 11.7. The molecule has 0 bridgehead atoms. The second-order valence-corrected chi connectivity index (χ2v) is 6.79. The Hall–Kier alpha value is -2.14. The van der Waals surface area contributed by atoms with E-state index in [9.17, 15) is 4.79 Å². The van der Waals surface area contributed by atoms with Gasteiger partial charge in [0.1, 0.15) is 0 Å². The molecule has 1 aliphatic heterocycles. The van der Waals surface area contributed by atoms with Gasteiger partial charge in [0.25, 0.3) is 5.91 Å². The molecule has 1 aliphatic carbocycles. The van der Waals surface area contributed by atoms with Gasteiger partial charge in [0.2, 0.25) is 0 Å². The molecule has 0 unspecified atom stereocenters. The maximum atomic E-state index is 12.9. The van der Waals surface area contributed by atoms with E-state index in [2.05, 4.69) is 34.6 Å². The van der Waals surface area contributed by atoms with Crippen LogP contribution in [0.4, 0.5) is 0 Å². The van der Waals surface area contributed by atoms with Crippen LogP contribution in [0, 0.1) is 5.41 Å². The molecule has 5 heteroatoms. The van der Waals surface area contributed by atoms with Crippen molar-refractivity contribution in [3.05, 3.63) is 53.6 Å². The quantitative estimate of drug-likeness (QED) is 0.944. The van der Waals surface area contributed by atoms with Crippen molar-refractivity contribution >= 4 is 5.91 Å².